The van der Waals surface area contributed by atoms with Gasteiger partial charge in [0.15, 0.2) is 0 Å². The van der Waals surface area contributed by atoms with Crippen molar-refractivity contribution in [1.82, 2.24) is 0 Å². The van der Waals surface area contributed by atoms with Crippen molar-refractivity contribution >= 4 is 0 Å². The molecule has 0 bridgehead atoms. The van der Waals surface area contributed by atoms with Crippen LogP contribution in [0.25, 0.3) is 0 Å². The maximum absolute atomic E-state index is 9.44. The summed E-state index contributed by atoms with van der Waals surface area (Å²) in [6.45, 7) is -1.03. The largest absolute Gasteiger partial charge is 0.394 e. The van der Waals surface area contributed by atoms with Crippen molar-refractivity contribution in [2.24, 2.45) is 0 Å². The zero-order valence-corrected chi connectivity index (χ0v) is 7.25. The number of aliphatic hydroxyl groups excluding tert-OH is 4. The predicted molar refractivity (Wildman–Crippen MR) is 40.8 cm³/mol. The molecule has 0 aromatic heterocycles. The molecule has 0 radical (unpaired) electrons. The van der Waals surface area contributed by atoms with Gasteiger partial charge < -0.3 is 29.9 Å². The lowest BCUT2D eigenvalue weighted by Gasteiger charge is -2.27. The third kappa shape index (κ3) is 1.56. The van der Waals surface area contributed by atoms with Crippen LogP contribution in [0.5, 0.6) is 0 Å². The lowest BCUT2D eigenvalue weighted by molar-refractivity contribution is -0.263. The number of ether oxygens (including phenoxy) is 2. The first-order valence-corrected chi connectivity index (χ1v) is 3.92. The molecule has 4 N–H and O–H groups in total. The van der Waals surface area contributed by atoms with E-state index in [4.69, 9.17) is 19.7 Å². The smallest absolute Gasteiger partial charge is 0.221 e. The maximum atomic E-state index is 9.44. The Bertz CT molecular complexity index is 168. The summed E-state index contributed by atoms with van der Waals surface area (Å²) in [7, 11) is 1.24. The minimum atomic E-state index is -1.62. The molecule has 13 heavy (non-hydrogen) atoms. The summed E-state index contributed by atoms with van der Waals surface area (Å²) < 4.78 is 9.77. The number of methoxy groups -OCH3 is 1. The van der Waals surface area contributed by atoms with Crippen LogP contribution in [0.2, 0.25) is 0 Å². The van der Waals surface area contributed by atoms with E-state index in [2.05, 4.69) is 0 Å². The first kappa shape index (κ1) is 10.8. The summed E-state index contributed by atoms with van der Waals surface area (Å²) in [5.41, 5.74) is 0. The Morgan fingerprint density at radius 1 is 1.38 bits per heavy atom. The molecular formula is C7H14O6. The third-order valence-electron chi connectivity index (χ3n) is 2.25. The van der Waals surface area contributed by atoms with Crippen LogP contribution in [0, 0.1) is 0 Å². The van der Waals surface area contributed by atoms with E-state index < -0.39 is 37.3 Å². The molecule has 0 unspecified atom stereocenters. The summed E-state index contributed by atoms with van der Waals surface area (Å²) in [5.74, 6) is -1.62. The van der Waals surface area contributed by atoms with Crippen LogP contribution in [-0.4, -0.2) is 64.8 Å². The fourth-order valence-corrected chi connectivity index (χ4v) is 1.37. The van der Waals surface area contributed by atoms with Gasteiger partial charge >= 0.3 is 0 Å². The van der Waals surface area contributed by atoms with Gasteiger partial charge in [-0.2, -0.15) is 0 Å². The molecular weight excluding hydrogens is 180 g/mol. The van der Waals surface area contributed by atoms with E-state index in [1.165, 1.54) is 7.11 Å². The summed E-state index contributed by atoms with van der Waals surface area (Å²) >= 11 is 0. The van der Waals surface area contributed by atoms with E-state index in [0.717, 1.165) is 0 Å². The van der Waals surface area contributed by atoms with E-state index in [-0.39, 0.29) is 0 Å². The van der Waals surface area contributed by atoms with Gasteiger partial charge in [0.2, 0.25) is 5.79 Å². The van der Waals surface area contributed by atoms with Gasteiger partial charge in [0, 0.05) is 7.11 Å². The highest BCUT2D eigenvalue weighted by molar-refractivity contribution is 4.95. The Morgan fingerprint density at radius 2 is 2.00 bits per heavy atom. The van der Waals surface area contributed by atoms with Gasteiger partial charge in [-0.3, -0.25) is 0 Å². The van der Waals surface area contributed by atoms with Crippen molar-refractivity contribution in [3.8, 4) is 0 Å². The van der Waals surface area contributed by atoms with Gasteiger partial charge in [-0.1, -0.05) is 0 Å². The van der Waals surface area contributed by atoms with Crippen LogP contribution in [0.3, 0.4) is 0 Å². The van der Waals surface area contributed by atoms with Gasteiger partial charge in [0.25, 0.3) is 0 Å². The van der Waals surface area contributed by atoms with Crippen LogP contribution >= 0.6 is 0 Å². The van der Waals surface area contributed by atoms with Crippen molar-refractivity contribution in [2.75, 3.05) is 20.3 Å². The van der Waals surface area contributed by atoms with Gasteiger partial charge in [-0.15, -0.1) is 0 Å². The first-order chi connectivity index (χ1) is 6.11. The monoisotopic (exact) mass is 194 g/mol. The van der Waals surface area contributed by atoms with Crippen molar-refractivity contribution < 1.29 is 29.9 Å². The minimum Gasteiger partial charge on any atom is -0.394 e. The summed E-state index contributed by atoms with van der Waals surface area (Å²) in [4.78, 5) is 0. The normalized spacial score (nSPS) is 45.5. The SMILES string of the molecule is CO[C@]1(CO)O[C@H](CO)[C@H](O)[C@H]1O. The van der Waals surface area contributed by atoms with Crippen LogP contribution in [0.1, 0.15) is 0 Å². The maximum Gasteiger partial charge on any atom is 0.221 e. The highest BCUT2D eigenvalue weighted by atomic mass is 16.7. The molecule has 1 aliphatic rings. The molecule has 6 nitrogen and oxygen atoms in total. The van der Waals surface area contributed by atoms with Crippen LogP contribution in [0.15, 0.2) is 0 Å². The van der Waals surface area contributed by atoms with Crippen molar-refractivity contribution in [3.63, 3.8) is 0 Å². The molecule has 1 aliphatic heterocycles. The Balaban J connectivity index is 2.79. The lowest BCUT2D eigenvalue weighted by atomic mass is 10.1. The molecule has 1 heterocycles. The molecule has 1 saturated heterocycles. The molecule has 0 spiro atoms. The minimum absolute atomic E-state index is 0.441. The third-order valence-corrected chi connectivity index (χ3v) is 2.25. The molecule has 4 atom stereocenters. The Labute approximate surface area is 75.3 Å². The molecule has 0 amide bonds. The lowest BCUT2D eigenvalue weighted by Crippen LogP contribution is -2.47. The zero-order valence-electron chi connectivity index (χ0n) is 7.25. The molecule has 0 aliphatic carbocycles. The predicted octanol–water partition coefficient (Wildman–Crippen LogP) is -2.57. The van der Waals surface area contributed by atoms with E-state index in [1.54, 1.807) is 0 Å². The number of hydrogen-bond donors (Lipinski definition) is 4. The molecule has 0 aromatic carbocycles. The number of aliphatic hydroxyl groups is 4. The van der Waals surface area contributed by atoms with Gasteiger partial charge in [0.05, 0.1) is 6.61 Å². The van der Waals surface area contributed by atoms with E-state index in [0.29, 0.717) is 0 Å². The zero-order chi connectivity index (χ0) is 10.1. The summed E-state index contributed by atoms with van der Waals surface area (Å²) in [5, 5.41) is 36.4. The molecule has 1 fully saturated rings. The molecule has 78 valence electrons. The summed E-state index contributed by atoms with van der Waals surface area (Å²) in [6, 6.07) is 0. The Kier molecular flexibility index (Phi) is 3.23. The van der Waals surface area contributed by atoms with Crippen LogP contribution in [0.4, 0.5) is 0 Å². The van der Waals surface area contributed by atoms with Crippen LogP contribution in [-0.2, 0) is 9.47 Å². The van der Waals surface area contributed by atoms with E-state index >= 15 is 0 Å². The topological polar surface area (TPSA) is 99.4 Å². The second-order valence-electron chi connectivity index (χ2n) is 2.95. The average molecular weight is 194 g/mol. The highest BCUT2D eigenvalue weighted by Crippen LogP contribution is 2.31. The van der Waals surface area contributed by atoms with Crippen molar-refractivity contribution in [2.45, 2.75) is 24.1 Å². The van der Waals surface area contributed by atoms with E-state index in [1.807, 2.05) is 0 Å². The molecule has 0 aromatic rings. The summed E-state index contributed by atoms with van der Waals surface area (Å²) in [6.07, 6.45) is -3.54. The fraction of sp³-hybridized carbons (Fsp3) is 1.00. The Hall–Kier alpha value is -0.240. The second-order valence-corrected chi connectivity index (χ2v) is 2.95. The van der Waals surface area contributed by atoms with E-state index in [9.17, 15) is 10.2 Å². The highest BCUT2D eigenvalue weighted by Gasteiger charge is 2.54. The molecule has 6 heteroatoms. The number of hydrogen-bond acceptors (Lipinski definition) is 6. The Morgan fingerprint density at radius 3 is 2.23 bits per heavy atom. The standard InChI is InChI=1S/C7H14O6/c1-12-7(3-9)6(11)5(10)4(2-8)13-7/h4-6,8-11H,2-3H2,1H3/t4-,5+,6-,7-/m1/s1. The fourth-order valence-electron chi connectivity index (χ4n) is 1.37. The van der Waals surface area contributed by atoms with Crippen molar-refractivity contribution in [1.29, 1.82) is 0 Å². The van der Waals surface area contributed by atoms with Gasteiger partial charge in [-0.25, -0.2) is 0 Å². The van der Waals surface area contributed by atoms with Crippen LogP contribution < -0.4 is 0 Å². The first-order valence-electron chi connectivity index (χ1n) is 3.92. The van der Waals surface area contributed by atoms with Crippen molar-refractivity contribution in [3.05, 3.63) is 0 Å². The van der Waals surface area contributed by atoms with Gasteiger partial charge in [-0.05, 0) is 0 Å². The quantitative estimate of drug-likeness (QED) is 0.394. The average Bonchev–Trinajstić information content (AvgIpc) is 2.42. The second kappa shape index (κ2) is 3.87. The molecule has 0 saturated carbocycles. The van der Waals surface area contributed by atoms with Gasteiger partial charge in [0.1, 0.15) is 24.9 Å². The number of rotatable bonds is 3. The molecule has 1 rings (SSSR count).